The van der Waals surface area contributed by atoms with Gasteiger partial charge < -0.3 is 14.5 Å². The molecular weight excluding hydrogens is 328 g/mol. The number of carbonyl (C=O) groups excluding carboxylic acids is 1. The lowest BCUT2D eigenvalue weighted by atomic mass is 9.97. The molecule has 1 fully saturated rings. The van der Waals surface area contributed by atoms with E-state index in [1.165, 1.54) is 0 Å². The fraction of sp³-hybridized carbons (Fsp3) is 0.450. The van der Waals surface area contributed by atoms with Crippen LogP contribution in [0.15, 0.2) is 42.7 Å². The number of nitrogens with zero attached hydrogens (tertiary/aromatic N) is 4. The van der Waals surface area contributed by atoms with E-state index in [2.05, 4.69) is 14.9 Å². The summed E-state index contributed by atoms with van der Waals surface area (Å²) in [6.45, 7) is 4.67. The molecule has 0 saturated carbocycles. The Hall–Kier alpha value is -2.63. The third-order valence-electron chi connectivity index (χ3n) is 4.67. The van der Waals surface area contributed by atoms with Crippen LogP contribution in [0.1, 0.15) is 18.4 Å². The summed E-state index contributed by atoms with van der Waals surface area (Å²) in [6, 6.07) is 9.75. The van der Waals surface area contributed by atoms with Crippen molar-refractivity contribution in [3.63, 3.8) is 0 Å². The fourth-order valence-electron chi connectivity index (χ4n) is 3.24. The normalized spacial score (nSPS) is 17.0. The Morgan fingerprint density at radius 1 is 1.31 bits per heavy atom. The maximum absolute atomic E-state index is 12.8. The van der Waals surface area contributed by atoms with Crippen LogP contribution in [0.3, 0.4) is 0 Å². The van der Waals surface area contributed by atoms with Crippen LogP contribution in [0.4, 0.5) is 5.95 Å². The fourth-order valence-corrected chi connectivity index (χ4v) is 3.24. The molecule has 0 N–H and O–H groups in total. The standard InChI is InChI=1S/C20H26N4O2/c1-16-6-3-8-18(14-16)26-13-12-23(2)19(25)17-7-4-11-24(15-17)20-21-9-5-10-22-20/h3,5-6,8-10,14,17H,4,7,11-13,15H2,1-2H3. The van der Waals surface area contributed by atoms with E-state index in [-0.39, 0.29) is 11.8 Å². The van der Waals surface area contributed by atoms with Crippen molar-refractivity contribution in [3.8, 4) is 5.75 Å². The van der Waals surface area contributed by atoms with E-state index in [1.807, 2.05) is 38.2 Å². The van der Waals surface area contributed by atoms with Crippen molar-refractivity contribution in [1.29, 1.82) is 0 Å². The molecule has 6 heteroatoms. The zero-order chi connectivity index (χ0) is 18.4. The lowest BCUT2D eigenvalue weighted by Gasteiger charge is -2.33. The number of aryl methyl sites for hydroxylation is 1. The maximum Gasteiger partial charge on any atom is 0.227 e. The van der Waals surface area contributed by atoms with Crippen LogP contribution < -0.4 is 9.64 Å². The Kier molecular flexibility index (Phi) is 6.04. The Balaban J connectivity index is 1.49. The first-order chi connectivity index (χ1) is 12.6. The SMILES string of the molecule is Cc1cccc(OCCN(C)C(=O)C2CCCN(c3ncccn3)C2)c1. The van der Waals surface area contributed by atoms with Gasteiger partial charge in [0.1, 0.15) is 12.4 Å². The van der Waals surface area contributed by atoms with Gasteiger partial charge >= 0.3 is 0 Å². The average molecular weight is 354 g/mol. The highest BCUT2D eigenvalue weighted by molar-refractivity contribution is 5.79. The summed E-state index contributed by atoms with van der Waals surface area (Å²) in [4.78, 5) is 25.3. The molecule has 1 unspecified atom stereocenters. The van der Waals surface area contributed by atoms with Crippen LogP contribution in [0.5, 0.6) is 5.75 Å². The lowest BCUT2D eigenvalue weighted by Crippen LogP contribution is -2.45. The number of aromatic nitrogens is 2. The number of hydrogen-bond donors (Lipinski definition) is 0. The second-order valence-electron chi connectivity index (χ2n) is 6.76. The zero-order valence-corrected chi connectivity index (χ0v) is 15.5. The van der Waals surface area contributed by atoms with E-state index in [4.69, 9.17) is 4.74 Å². The molecule has 1 aromatic heterocycles. The summed E-state index contributed by atoms with van der Waals surface area (Å²) in [5.41, 5.74) is 1.16. The summed E-state index contributed by atoms with van der Waals surface area (Å²) in [6.07, 6.45) is 5.36. The van der Waals surface area contributed by atoms with Gasteiger partial charge in [-0.3, -0.25) is 4.79 Å². The highest BCUT2D eigenvalue weighted by Crippen LogP contribution is 2.21. The Bertz CT molecular complexity index is 723. The molecule has 138 valence electrons. The van der Waals surface area contributed by atoms with Gasteiger partial charge in [-0.15, -0.1) is 0 Å². The minimum atomic E-state index is -0.0171. The molecule has 1 aromatic carbocycles. The number of ether oxygens (including phenoxy) is 1. The molecule has 1 saturated heterocycles. The van der Waals surface area contributed by atoms with Gasteiger partial charge in [0.05, 0.1) is 12.5 Å². The molecule has 2 heterocycles. The first-order valence-electron chi connectivity index (χ1n) is 9.10. The first kappa shape index (κ1) is 18.2. The number of carbonyl (C=O) groups is 1. The van der Waals surface area contributed by atoms with Gasteiger partial charge in [0, 0.05) is 32.5 Å². The summed E-state index contributed by atoms with van der Waals surface area (Å²) in [7, 11) is 1.85. The van der Waals surface area contributed by atoms with Gasteiger partial charge in [-0.25, -0.2) is 9.97 Å². The lowest BCUT2D eigenvalue weighted by molar-refractivity contribution is -0.134. The molecule has 0 bridgehead atoms. The molecule has 0 spiro atoms. The number of likely N-dealkylation sites (N-methyl/N-ethyl adjacent to an activating group) is 1. The highest BCUT2D eigenvalue weighted by Gasteiger charge is 2.28. The van der Waals surface area contributed by atoms with E-state index in [1.54, 1.807) is 23.4 Å². The van der Waals surface area contributed by atoms with Gasteiger partial charge in [0.15, 0.2) is 0 Å². The van der Waals surface area contributed by atoms with Gasteiger partial charge in [-0.2, -0.15) is 0 Å². The molecule has 1 aliphatic heterocycles. The quantitative estimate of drug-likeness (QED) is 0.798. The molecule has 1 amide bonds. The highest BCUT2D eigenvalue weighted by atomic mass is 16.5. The number of rotatable bonds is 6. The van der Waals surface area contributed by atoms with E-state index >= 15 is 0 Å². The smallest absolute Gasteiger partial charge is 0.227 e. The molecule has 1 aliphatic rings. The number of hydrogen-bond acceptors (Lipinski definition) is 5. The minimum Gasteiger partial charge on any atom is -0.492 e. The van der Waals surface area contributed by atoms with Crippen LogP contribution >= 0.6 is 0 Å². The van der Waals surface area contributed by atoms with E-state index in [0.29, 0.717) is 25.6 Å². The molecule has 6 nitrogen and oxygen atoms in total. The summed E-state index contributed by atoms with van der Waals surface area (Å²) in [5.74, 6) is 1.70. The Morgan fingerprint density at radius 2 is 2.12 bits per heavy atom. The van der Waals surface area contributed by atoms with E-state index < -0.39 is 0 Å². The van der Waals surface area contributed by atoms with Crippen molar-refractivity contribution in [1.82, 2.24) is 14.9 Å². The number of amides is 1. The van der Waals surface area contributed by atoms with Crippen molar-refractivity contribution in [3.05, 3.63) is 48.3 Å². The molecule has 1 atom stereocenters. The summed E-state index contributed by atoms with van der Waals surface area (Å²) >= 11 is 0. The first-order valence-corrected chi connectivity index (χ1v) is 9.10. The molecular formula is C20H26N4O2. The third kappa shape index (κ3) is 4.71. The van der Waals surface area contributed by atoms with Crippen molar-refractivity contribution in [2.75, 3.05) is 38.2 Å². The second kappa shape index (κ2) is 8.65. The predicted octanol–water partition coefficient (Wildman–Crippen LogP) is 2.54. The predicted molar refractivity (Wildman–Crippen MR) is 101 cm³/mol. The maximum atomic E-state index is 12.8. The number of benzene rings is 1. The molecule has 3 rings (SSSR count). The number of piperidine rings is 1. The summed E-state index contributed by atoms with van der Waals surface area (Å²) in [5, 5.41) is 0. The van der Waals surface area contributed by atoms with Gasteiger partial charge in [-0.1, -0.05) is 12.1 Å². The molecule has 26 heavy (non-hydrogen) atoms. The van der Waals surface area contributed by atoms with Crippen LogP contribution in [-0.2, 0) is 4.79 Å². The Morgan fingerprint density at radius 3 is 2.88 bits per heavy atom. The topological polar surface area (TPSA) is 58.6 Å². The van der Waals surface area contributed by atoms with Crippen molar-refractivity contribution >= 4 is 11.9 Å². The summed E-state index contributed by atoms with van der Waals surface area (Å²) < 4.78 is 5.76. The van der Waals surface area contributed by atoms with Crippen LogP contribution in [-0.4, -0.2) is 54.1 Å². The molecule has 0 radical (unpaired) electrons. The van der Waals surface area contributed by atoms with E-state index in [9.17, 15) is 4.79 Å². The van der Waals surface area contributed by atoms with Gasteiger partial charge in [-0.05, 0) is 43.5 Å². The molecule has 2 aromatic rings. The van der Waals surface area contributed by atoms with Crippen molar-refractivity contribution in [2.45, 2.75) is 19.8 Å². The van der Waals surface area contributed by atoms with Crippen molar-refractivity contribution < 1.29 is 9.53 Å². The third-order valence-corrected chi connectivity index (χ3v) is 4.67. The average Bonchev–Trinajstić information content (AvgIpc) is 2.68. The van der Waals surface area contributed by atoms with Gasteiger partial charge in [0.25, 0.3) is 0 Å². The van der Waals surface area contributed by atoms with Crippen LogP contribution in [0.25, 0.3) is 0 Å². The monoisotopic (exact) mass is 354 g/mol. The van der Waals surface area contributed by atoms with Crippen LogP contribution in [0.2, 0.25) is 0 Å². The largest absolute Gasteiger partial charge is 0.492 e. The van der Waals surface area contributed by atoms with Crippen LogP contribution in [0, 0.1) is 12.8 Å². The van der Waals surface area contributed by atoms with Crippen molar-refractivity contribution in [2.24, 2.45) is 5.92 Å². The van der Waals surface area contributed by atoms with E-state index in [0.717, 1.165) is 30.7 Å². The minimum absolute atomic E-state index is 0.0171. The van der Waals surface area contributed by atoms with Gasteiger partial charge in [0.2, 0.25) is 11.9 Å². The zero-order valence-electron chi connectivity index (χ0n) is 15.5. The second-order valence-corrected chi connectivity index (χ2v) is 6.76. The molecule has 0 aliphatic carbocycles. The number of anilines is 1. The Labute approximate surface area is 154 Å².